The first-order valence-corrected chi connectivity index (χ1v) is 9.06. The van der Waals surface area contributed by atoms with Gasteiger partial charge in [-0.05, 0) is 25.5 Å². The van der Waals surface area contributed by atoms with E-state index in [0.717, 1.165) is 24.2 Å². The van der Waals surface area contributed by atoms with Crippen molar-refractivity contribution < 1.29 is 9.53 Å². The Morgan fingerprint density at radius 2 is 2.08 bits per heavy atom. The largest absolute Gasteiger partial charge is 0.379 e. The van der Waals surface area contributed by atoms with Gasteiger partial charge in [0.25, 0.3) is 0 Å². The van der Waals surface area contributed by atoms with Gasteiger partial charge >= 0.3 is 0 Å². The number of ether oxygens (including phenoxy) is 1. The number of hydrogen-bond donors (Lipinski definition) is 0. The number of aromatic nitrogens is 3. The first-order valence-electron chi connectivity index (χ1n) is 9.06. The second kappa shape index (κ2) is 8.42. The predicted molar refractivity (Wildman–Crippen MR) is 98.5 cm³/mol. The van der Waals surface area contributed by atoms with Crippen LogP contribution >= 0.6 is 0 Å². The number of carbonyl (C=O) groups excluding carboxylic acids is 1. The Kier molecular flexibility index (Phi) is 6.00. The molecule has 3 heterocycles. The van der Waals surface area contributed by atoms with Crippen LogP contribution in [0.5, 0.6) is 0 Å². The van der Waals surface area contributed by atoms with Crippen LogP contribution in [-0.2, 0) is 16.1 Å². The topological polar surface area (TPSA) is 63.5 Å². The van der Waals surface area contributed by atoms with E-state index in [-0.39, 0.29) is 11.9 Å². The fourth-order valence-corrected chi connectivity index (χ4v) is 3.18. The fourth-order valence-electron chi connectivity index (χ4n) is 3.18. The number of pyridine rings is 1. The maximum Gasteiger partial charge on any atom is 0.244 e. The SMILES string of the molecule is CC(C)n1cc(CN(C)C(=O)[C@@H](c2cccnc2)N2CCOCC2)cn1. The maximum atomic E-state index is 13.3. The van der Waals surface area contributed by atoms with E-state index in [4.69, 9.17) is 4.74 Å². The molecule has 26 heavy (non-hydrogen) atoms. The number of rotatable bonds is 6. The standard InChI is InChI=1S/C19H27N5O2/c1-15(2)24-14-16(11-21-24)13-22(3)19(25)18(17-5-4-6-20-12-17)23-7-9-26-10-8-23/h4-6,11-12,14-15,18H,7-10,13H2,1-3H3/t18-/m1/s1. The highest BCUT2D eigenvalue weighted by molar-refractivity contribution is 5.83. The van der Waals surface area contributed by atoms with Crippen LogP contribution in [0.3, 0.4) is 0 Å². The van der Waals surface area contributed by atoms with E-state index >= 15 is 0 Å². The molecule has 1 amide bonds. The zero-order valence-corrected chi connectivity index (χ0v) is 15.7. The Labute approximate surface area is 154 Å². The molecule has 0 N–H and O–H groups in total. The van der Waals surface area contributed by atoms with Crippen molar-refractivity contribution in [2.24, 2.45) is 0 Å². The normalized spacial score (nSPS) is 16.6. The Bertz CT molecular complexity index is 710. The van der Waals surface area contributed by atoms with Crippen molar-refractivity contribution in [3.05, 3.63) is 48.0 Å². The average Bonchev–Trinajstić information content (AvgIpc) is 3.12. The Morgan fingerprint density at radius 1 is 1.31 bits per heavy atom. The summed E-state index contributed by atoms with van der Waals surface area (Å²) in [4.78, 5) is 21.4. The third-order valence-corrected chi connectivity index (χ3v) is 4.62. The highest BCUT2D eigenvalue weighted by Gasteiger charge is 2.31. The van der Waals surface area contributed by atoms with Gasteiger partial charge < -0.3 is 9.64 Å². The molecule has 0 radical (unpaired) electrons. The molecule has 0 aromatic carbocycles. The summed E-state index contributed by atoms with van der Waals surface area (Å²) in [5.74, 6) is 0.0668. The molecule has 7 nitrogen and oxygen atoms in total. The molecule has 1 aliphatic rings. The van der Waals surface area contributed by atoms with Gasteiger partial charge in [0.15, 0.2) is 0 Å². The summed E-state index contributed by atoms with van der Waals surface area (Å²) in [6, 6.07) is 3.82. The van der Waals surface area contributed by atoms with Crippen LogP contribution in [0.1, 0.15) is 37.1 Å². The lowest BCUT2D eigenvalue weighted by molar-refractivity contribution is -0.138. The van der Waals surface area contributed by atoms with Gasteiger partial charge in [0.05, 0.1) is 19.4 Å². The number of hydrogen-bond acceptors (Lipinski definition) is 5. The first kappa shape index (κ1) is 18.5. The van der Waals surface area contributed by atoms with E-state index in [1.807, 2.05) is 36.3 Å². The number of likely N-dealkylation sites (N-methyl/N-ethyl adjacent to an activating group) is 1. The van der Waals surface area contributed by atoms with Gasteiger partial charge in [-0.15, -0.1) is 0 Å². The highest BCUT2D eigenvalue weighted by Crippen LogP contribution is 2.24. The van der Waals surface area contributed by atoms with Gasteiger partial charge in [0.1, 0.15) is 6.04 Å². The average molecular weight is 357 g/mol. The molecule has 140 valence electrons. The van der Waals surface area contributed by atoms with Crippen molar-refractivity contribution in [3.8, 4) is 0 Å². The molecule has 1 saturated heterocycles. The van der Waals surface area contributed by atoms with Crippen LogP contribution in [0.25, 0.3) is 0 Å². The molecule has 3 rings (SSSR count). The zero-order chi connectivity index (χ0) is 18.5. The van der Waals surface area contributed by atoms with Crippen molar-refractivity contribution in [1.82, 2.24) is 24.6 Å². The first-order chi connectivity index (χ1) is 12.6. The van der Waals surface area contributed by atoms with Gasteiger partial charge in [-0.2, -0.15) is 5.10 Å². The van der Waals surface area contributed by atoms with Gasteiger partial charge in [0, 0.05) is 56.9 Å². The lowest BCUT2D eigenvalue weighted by Gasteiger charge is -2.35. The van der Waals surface area contributed by atoms with Gasteiger partial charge in [-0.25, -0.2) is 0 Å². The third-order valence-electron chi connectivity index (χ3n) is 4.62. The van der Waals surface area contributed by atoms with E-state index in [9.17, 15) is 4.79 Å². The lowest BCUT2D eigenvalue weighted by atomic mass is 10.1. The molecule has 1 aliphatic heterocycles. The molecule has 1 atom stereocenters. The summed E-state index contributed by atoms with van der Waals surface area (Å²) >= 11 is 0. The summed E-state index contributed by atoms with van der Waals surface area (Å²) in [5.41, 5.74) is 1.95. The van der Waals surface area contributed by atoms with Crippen molar-refractivity contribution in [2.45, 2.75) is 32.5 Å². The molecular formula is C19H27N5O2. The van der Waals surface area contributed by atoms with Crippen LogP contribution in [0, 0.1) is 0 Å². The highest BCUT2D eigenvalue weighted by atomic mass is 16.5. The molecule has 0 spiro atoms. The van der Waals surface area contributed by atoms with Crippen molar-refractivity contribution in [2.75, 3.05) is 33.4 Å². The van der Waals surface area contributed by atoms with Crippen LogP contribution in [0.4, 0.5) is 0 Å². The van der Waals surface area contributed by atoms with E-state index in [1.54, 1.807) is 17.3 Å². The minimum Gasteiger partial charge on any atom is -0.379 e. The Morgan fingerprint density at radius 3 is 2.69 bits per heavy atom. The second-order valence-electron chi connectivity index (χ2n) is 6.95. The summed E-state index contributed by atoms with van der Waals surface area (Å²) in [6.07, 6.45) is 7.34. The summed E-state index contributed by atoms with van der Waals surface area (Å²) in [6.45, 7) is 7.48. The van der Waals surface area contributed by atoms with Crippen molar-refractivity contribution in [3.63, 3.8) is 0 Å². The van der Waals surface area contributed by atoms with Crippen LogP contribution in [0.15, 0.2) is 36.9 Å². The molecule has 2 aromatic rings. The number of morpholine rings is 1. The summed E-state index contributed by atoms with van der Waals surface area (Å²) in [7, 11) is 1.85. The van der Waals surface area contributed by atoms with Crippen LogP contribution in [0.2, 0.25) is 0 Å². The van der Waals surface area contributed by atoms with E-state index in [2.05, 4.69) is 28.8 Å². The Hall–Kier alpha value is -2.25. The molecule has 0 saturated carbocycles. The molecule has 7 heteroatoms. The quantitative estimate of drug-likeness (QED) is 0.790. The van der Waals surface area contributed by atoms with Crippen molar-refractivity contribution >= 4 is 5.91 Å². The Balaban J connectivity index is 1.77. The molecule has 0 aliphatic carbocycles. The van der Waals surface area contributed by atoms with Crippen molar-refractivity contribution in [1.29, 1.82) is 0 Å². The number of nitrogens with zero attached hydrogens (tertiary/aromatic N) is 5. The molecule has 1 fully saturated rings. The smallest absolute Gasteiger partial charge is 0.244 e. The van der Waals surface area contributed by atoms with E-state index in [1.165, 1.54) is 0 Å². The minimum absolute atomic E-state index is 0.0668. The van der Waals surface area contributed by atoms with Gasteiger partial charge in [-0.1, -0.05) is 6.07 Å². The van der Waals surface area contributed by atoms with Crippen LogP contribution < -0.4 is 0 Å². The summed E-state index contributed by atoms with van der Waals surface area (Å²) < 4.78 is 7.36. The molecule has 0 unspecified atom stereocenters. The number of amides is 1. The zero-order valence-electron chi connectivity index (χ0n) is 15.7. The second-order valence-corrected chi connectivity index (χ2v) is 6.95. The predicted octanol–water partition coefficient (Wildman–Crippen LogP) is 1.89. The molecular weight excluding hydrogens is 330 g/mol. The number of carbonyl (C=O) groups is 1. The lowest BCUT2D eigenvalue weighted by Crippen LogP contribution is -2.46. The van der Waals surface area contributed by atoms with E-state index in [0.29, 0.717) is 25.8 Å². The monoisotopic (exact) mass is 357 g/mol. The minimum atomic E-state index is -0.335. The maximum absolute atomic E-state index is 13.3. The summed E-state index contributed by atoms with van der Waals surface area (Å²) in [5, 5.41) is 4.36. The molecule has 2 aromatic heterocycles. The van der Waals surface area contributed by atoms with Gasteiger partial charge in [-0.3, -0.25) is 19.4 Å². The van der Waals surface area contributed by atoms with E-state index < -0.39 is 0 Å². The van der Waals surface area contributed by atoms with Gasteiger partial charge in [0.2, 0.25) is 5.91 Å². The third kappa shape index (κ3) is 4.28. The fraction of sp³-hybridized carbons (Fsp3) is 0.526. The van der Waals surface area contributed by atoms with Crippen LogP contribution in [-0.4, -0.2) is 63.8 Å². The molecule has 0 bridgehead atoms.